The van der Waals surface area contributed by atoms with E-state index in [-0.39, 0.29) is 72.4 Å². The minimum absolute atomic E-state index is 0.0169. The van der Waals surface area contributed by atoms with E-state index in [9.17, 15) is 29.4 Å². The van der Waals surface area contributed by atoms with Crippen molar-refractivity contribution in [3.8, 4) is 11.9 Å². The normalized spacial score (nSPS) is 25.1. The molecule has 2 saturated carbocycles. The lowest BCUT2D eigenvalue weighted by Crippen LogP contribution is -2.62. The number of aromatic nitrogens is 7. The molecule has 2 aliphatic carbocycles. The molecular formula is C35H57N8O12P2SSi2+. The fourth-order valence-electron chi connectivity index (χ4n) is 8.06. The summed E-state index contributed by atoms with van der Waals surface area (Å²) in [4.78, 5) is 49.7. The van der Waals surface area contributed by atoms with Crippen LogP contribution in [0.15, 0.2) is 29.7 Å². The number of H-pyrrole nitrogens is 1. The Morgan fingerprint density at radius 3 is 2.37 bits per heavy atom. The van der Waals surface area contributed by atoms with Crippen LogP contribution in [-0.2, 0) is 43.0 Å². The first-order valence-electron chi connectivity index (χ1n) is 20.1. The number of rotatable bonds is 22. The van der Waals surface area contributed by atoms with Gasteiger partial charge in [0.1, 0.15) is 24.6 Å². The van der Waals surface area contributed by atoms with E-state index < -0.39 is 79.9 Å². The quantitative estimate of drug-likeness (QED) is 0.0571. The van der Waals surface area contributed by atoms with Crippen LogP contribution in [0.25, 0.3) is 11.2 Å². The van der Waals surface area contributed by atoms with Crippen molar-refractivity contribution in [1.82, 2.24) is 34.9 Å². The van der Waals surface area contributed by atoms with Gasteiger partial charge < -0.3 is 41.7 Å². The fraction of sp³-hybridized carbons (Fsp3) is 0.743. The van der Waals surface area contributed by atoms with Gasteiger partial charge in [0.05, 0.1) is 44.2 Å². The standard InChI is InChI=1S/C35H56N8O12P2SSi2/c1-21(2)59(48,22(3)4)55-60(23(5)6,24(7)8)54-32-25(17-44)15-28(43-34-31(41-42-43)35(45)40-20-39-34)33(32)53-57(58,49-13-9-11-36)50-18-26-14-27(16-29(26)52-56(46)47)51-30-10-12-37-19-38-30/h10,12,19-29,32-33,44,48H,9,13-18H2,1-8H3,(H-,39,40,42,45,46,47)/p+1/t25-,26-,27-,28-,29+,32-,33+,57-/m1/s1. The molecule has 25 heteroatoms. The van der Waals surface area contributed by atoms with Gasteiger partial charge in [0.2, 0.25) is 5.88 Å². The molecule has 332 valence electrons. The molecule has 3 aromatic heterocycles. The minimum Gasteiger partial charge on any atom is -0.474 e. The van der Waals surface area contributed by atoms with Gasteiger partial charge >= 0.3 is 32.1 Å². The van der Waals surface area contributed by atoms with E-state index in [1.165, 1.54) is 23.5 Å². The Morgan fingerprint density at radius 1 is 1.05 bits per heavy atom. The van der Waals surface area contributed by atoms with Gasteiger partial charge in [-0.05, 0) is 46.8 Å². The number of aromatic amines is 1. The van der Waals surface area contributed by atoms with Crippen molar-refractivity contribution in [3.05, 3.63) is 35.3 Å². The number of aliphatic hydroxyl groups excluding tert-OH is 1. The molecule has 60 heavy (non-hydrogen) atoms. The molecular weight excluding hydrogens is 875 g/mol. The average molecular weight is 932 g/mol. The monoisotopic (exact) mass is 931 g/mol. The highest BCUT2D eigenvalue weighted by Crippen LogP contribution is 2.57. The van der Waals surface area contributed by atoms with E-state index in [0.29, 0.717) is 12.3 Å². The molecule has 0 amide bonds. The lowest BCUT2D eigenvalue weighted by atomic mass is 10.1. The van der Waals surface area contributed by atoms with Crippen molar-refractivity contribution < 1.29 is 50.7 Å². The first-order valence-corrected chi connectivity index (χ1v) is 27.7. The lowest BCUT2D eigenvalue weighted by molar-refractivity contribution is -0.0139. The molecule has 0 radical (unpaired) electrons. The highest BCUT2D eigenvalue weighted by molar-refractivity contribution is 8.07. The zero-order chi connectivity index (χ0) is 44.0. The van der Waals surface area contributed by atoms with Gasteiger partial charge in [-0.3, -0.25) is 4.79 Å². The second kappa shape index (κ2) is 20.8. The molecule has 2 fully saturated rings. The number of aliphatic hydroxyl groups is 1. The Kier molecular flexibility index (Phi) is 16.8. The summed E-state index contributed by atoms with van der Waals surface area (Å²) >= 11 is 6.13. The van der Waals surface area contributed by atoms with Crippen molar-refractivity contribution in [1.29, 1.82) is 5.26 Å². The molecule has 4 N–H and O–H groups in total. The van der Waals surface area contributed by atoms with Crippen molar-refractivity contribution in [2.24, 2.45) is 11.8 Å². The average Bonchev–Trinajstić information content (AvgIpc) is 3.88. The number of hydrogen-bond donors (Lipinski definition) is 4. The topological polar surface area (TPSA) is 268 Å². The summed E-state index contributed by atoms with van der Waals surface area (Å²) in [5, 5.41) is 29.0. The number of nitrogens with zero attached hydrogens (tertiary/aromatic N) is 7. The summed E-state index contributed by atoms with van der Waals surface area (Å²) in [6.45, 7) is 11.2. The molecule has 20 nitrogen and oxygen atoms in total. The van der Waals surface area contributed by atoms with Crippen LogP contribution in [0.2, 0.25) is 22.2 Å². The Balaban J connectivity index is 1.56. The van der Waals surface area contributed by atoms with E-state index >= 15 is 0 Å². The molecule has 0 aromatic carbocycles. The highest BCUT2D eigenvalue weighted by atomic mass is 32.5. The second-order valence-corrected chi connectivity index (χ2v) is 28.7. The van der Waals surface area contributed by atoms with Crippen LogP contribution < -0.4 is 10.3 Å². The largest absolute Gasteiger partial charge is 0.695 e. The zero-order valence-corrected chi connectivity index (χ0v) is 39.7. The molecule has 0 spiro atoms. The van der Waals surface area contributed by atoms with Crippen molar-refractivity contribution >= 4 is 55.1 Å². The molecule has 9 atom stereocenters. The Labute approximate surface area is 357 Å². The molecule has 3 aromatic rings. The summed E-state index contributed by atoms with van der Waals surface area (Å²) in [7, 11) is -9.94. The van der Waals surface area contributed by atoms with Crippen LogP contribution in [-0.4, -0.2) is 111 Å². The van der Waals surface area contributed by atoms with E-state index in [1.54, 1.807) is 6.07 Å². The van der Waals surface area contributed by atoms with Gasteiger partial charge in [0, 0.05) is 41.7 Å². The van der Waals surface area contributed by atoms with Gasteiger partial charge in [-0.15, -0.1) is 14.5 Å². The molecule has 0 bridgehead atoms. The third-order valence-electron chi connectivity index (χ3n) is 11.3. The molecule has 3 heterocycles. The predicted molar refractivity (Wildman–Crippen MR) is 225 cm³/mol. The van der Waals surface area contributed by atoms with Crippen LogP contribution >= 0.6 is 15.0 Å². The zero-order valence-electron chi connectivity index (χ0n) is 35.1. The first-order chi connectivity index (χ1) is 28.4. The molecule has 0 saturated heterocycles. The number of fused-ring (bicyclic) bond motifs is 1. The molecule has 2 aliphatic rings. The number of ether oxygens (including phenoxy) is 1. The van der Waals surface area contributed by atoms with E-state index in [4.69, 9.17) is 43.2 Å². The van der Waals surface area contributed by atoms with Gasteiger partial charge in [0.25, 0.3) is 5.56 Å². The van der Waals surface area contributed by atoms with Crippen molar-refractivity contribution in [2.45, 2.75) is 134 Å². The minimum atomic E-state index is -3.91. The third kappa shape index (κ3) is 11.0. The SMILES string of the molecule is CC(C)[Si](O)(O[Si](O[C@@H]1[C@@H](CO)C[C@@H](n2nnc3c(=O)[nH]cnc32)[C@@H]1O[P@@](=S)(OCCC#N)OC[C@H]1C[C@@H](Oc2ccncn2)C[C@@H]1O[P+](=O)O)(C(C)C)C(C)C)C(C)C. The number of hydrogen-bond acceptors (Lipinski definition) is 18. The maximum Gasteiger partial charge on any atom is 0.695 e. The van der Waals surface area contributed by atoms with Gasteiger partial charge in [-0.25, -0.2) is 19.6 Å². The van der Waals surface area contributed by atoms with Gasteiger partial charge in [-0.2, -0.15) is 5.26 Å². The highest BCUT2D eigenvalue weighted by Gasteiger charge is 2.59. The smallest absolute Gasteiger partial charge is 0.474 e. The maximum absolute atomic E-state index is 12.8. The van der Waals surface area contributed by atoms with Crippen LogP contribution in [0.1, 0.15) is 87.1 Å². The predicted octanol–water partition coefficient (Wildman–Crippen LogP) is 5.23. The molecule has 5 rings (SSSR count). The summed E-state index contributed by atoms with van der Waals surface area (Å²) in [6, 6.07) is 2.83. The molecule has 1 unspecified atom stereocenters. The van der Waals surface area contributed by atoms with Crippen molar-refractivity contribution in [2.75, 3.05) is 19.8 Å². The van der Waals surface area contributed by atoms with E-state index in [2.05, 4.69) is 30.2 Å². The molecule has 0 aliphatic heterocycles. The van der Waals surface area contributed by atoms with Gasteiger partial charge in [0.15, 0.2) is 11.2 Å². The second-order valence-electron chi connectivity index (χ2n) is 16.4. The van der Waals surface area contributed by atoms with Crippen LogP contribution in [0.5, 0.6) is 5.88 Å². The Hall–Kier alpha value is -2.53. The number of nitriles is 1. The fourth-order valence-corrected chi connectivity index (χ4v) is 20.7. The summed E-state index contributed by atoms with van der Waals surface area (Å²) in [5.74, 6) is -0.816. The van der Waals surface area contributed by atoms with E-state index in [1.807, 2.05) is 61.5 Å². The first kappa shape index (κ1) is 48.5. The van der Waals surface area contributed by atoms with Gasteiger partial charge in [-0.1, -0.05) is 60.6 Å². The van der Waals surface area contributed by atoms with Crippen LogP contribution in [0.3, 0.4) is 0 Å². The van der Waals surface area contributed by atoms with Crippen LogP contribution in [0.4, 0.5) is 0 Å². The Bertz CT molecular complexity index is 2030. The summed E-state index contributed by atoms with van der Waals surface area (Å²) in [6.07, 6.45) is 1.54. The van der Waals surface area contributed by atoms with Crippen LogP contribution in [0, 0.1) is 23.2 Å². The summed E-state index contributed by atoms with van der Waals surface area (Å²) in [5.41, 5.74) is -1.12. The summed E-state index contributed by atoms with van der Waals surface area (Å²) < 4.78 is 58.8. The third-order valence-corrected chi connectivity index (χ3v) is 23.8. The van der Waals surface area contributed by atoms with E-state index in [0.717, 1.165) is 0 Å². The lowest BCUT2D eigenvalue weighted by Gasteiger charge is -2.48. The number of nitrogens with one attached hydrogen (secondary N) is 1. The maximum atomic E-state index is 12.8. The Morgan fingerprint density at radius 2 is 1.77 bits per heavy atom. The van der Waals surface area contributed by atoms with Crippen molar-refractivity contribution in [3.63, 3.8) is 0 Å².